The molecule has 82 valence electrons. The highest BCUT2D eigenvalue weighted by Crippen LogP contribution is 2.20. The van der Waals surface area contributed by atoms with Gasteiger partial charge < -0.3 is 5.21 Å². The van der Waals surface area contributed by atoms with Crippen LogP contribution in [-0.4, -0.2) is 10.9 Å². The van der Waals surface area contributed by atoms with E-state index in [0.717, 1.165) is 17.7 Å². The lowest BCUT2D eigenvalue weighted by molar-refractivity contribution is 0.318. The molecule has 0 spiro atoms. The maximum Gasteiger partial charge on any atom is 0.0865 e. The minimum Gasteiger partial charge on any atom is -0.411 e. The van der Waals surface area contributed by atoms with E-state index in [2.05, 4.69) is 38.1 Å². The summed E-state index contributed by atoms with van der Waals surface area (Å²) in [6.45, 7) is 8.45. The van der Waals surface area contributed by atoms with Crippen LogP contribution in [0.4, 0.5) is 0 Å². The van der Waals surface area contributed by atoms with E-state index in [0.29, 0.717) is 5.92 Å². The molecule has 1 aromatic carbocycles. The quantitative estimate of drug-likeness (QED) is 0.455. The second-order valence-corrected chi connectivity index (χ2v) is 4.13. The number of nitrogens with zero attached hydrogens (tertiary/aromatic N) is 1. The lowest BCUT2D eigenvalue weighted by Gasteiger charge is -2.11. The zero-order valence-corrected chi connectivity index (χ0v) is 9.91. The number of hydrogen-bond acceptors (Lipinski definition) is 2. The van der Waals surface area contributed by atoms with Crippen LogP contribution in [0.2, 0.25) is 0 Å². The zero-order chi connectivity index (χ0) is 11.4. The third-order valence-corrected chi connectivity index (χ3v) is 2.68. The van der Waals surface area contributed by atoms with Gasteiger partial charge in [0.05, 0.1) is 5.71 Å². The van der Waals surface area contributed by atoms with Crippen molar-refractivity contribution in [2.75, 3.05) is 0 Å². The van der Waals surface area contributed by atoms with Crippen LogP contribution in [-0.2, 0) is 0 Å². The maximum atomic E-state index is 8.84. The fourth-order valence-corrected chi connectivity index (χ4v) is 1.84. The molecule has 2 heteroatoms. The summed E-state index contributed by atoms with van der Waals surface area (Å²) >= 11 is 0. The van der Waals surface area contributed by atoms with Crippen molar-refractivity contribution in [1.82, 2.24) is 0 Å². The summed E-state index contributed by atoms with van der Waals surface area (Å²) in [5, 5.41) is 12.1. The Kier molecular flexibility index (Phi) is 3.89. The Bertz CT molecular complexity index is 367. The minimum atomic E-state index is 0.537. The molecule has 0 saturated heterocycles. The summed E-state index contributed by atoms with van der Waals surface area (Å²) < 4.78 is 0. The fourth-order valence-electron chi connectivity index (χ4n) is 1.84. The van der Waals surface area contributed by atoms with Crippen molar-refractivity contribution in [3.63, 3.8) is 0 Å². The van der Waals surface area contributed by atoms with Crippen molar-refractivity contribution in [3.8, 4) is 0 Å². The van der Waals surface area contributed by atoms with Gasteiger partial charge in [-0.1, -0.05) is 38.1 Å². The van der Waals surface area contributed by atoms with Gasteiger partial charge in [-0.15, -0.1) is 0 Å². The fraction of sp³-hybridized carbons (Fsp3) is 0.462. The molecule has 0 bridgehead atoms. The number of oxime groups is 1. The molecule has 0 aliphatic rings. The van der Waals surface area contributed by atoms with Crippen molar-refractivity contribution < 1.29 is 5.21 Å². The molecule has 0 saturated carbocycles. The molecule has 0 aliphatic carbocycles. The van der Waals surface area contributed by atoms with E-state index < -0.39 is 0 Å². The molecule has 2 nitrogen and oxygen atoms in total. The van der Waals surface area contributed by atoms with Gasteiger partial charge >= 0.3 is 0 Å². The molecular weight excluding hydrogens is 186 g/mol. The van der Waals surface area contributed by atoms with Gasteiger partial charge in [0.25, 0.3) is 0 Å². The van der Waals surface area contributed by atoms with E-state index in [1.807, 2.05) is 13.0 Å². The highest BCUT2D eigenvalue weighted by molar-refractivity contribution is 6.00. The third-order valence-electron chi connectivity index (χ3n) is 2.68. The van der Waals surface area contributed by atoms with E-state index in [9.17, 15) is 0 Å². The largest absolute Gasteiger partial charge is 0.411 e. The summed E-state index contributed by atoms with van der Waals surface area (Å²) in [6.07, 6.45) is 0.747. The molecule has 1 N–H and O–H groups in total. The lowest BCUT2D eigenvalue weighted by atomic mass is 9.94. The van der Waals surface area contributed by atoms with E-state index in [1.54, 1.807) is 0 Å². The van der Waals surface area contributed by atoms with Crippen molar-refractivity contribution >= 4 is 5.71 Å². The van der Waals surface area contributed by atoms with Crippen LogP contribution in [0.3, 0.4) is 0 Å². The van der Waals surface area contributed by atoms with E-state index in [1.165, 1.54) is 11.1 Å². The first-order chi connectivity index (χ1) is 7.10. The smallest absolute Gasteiger partial charge is 0.0865 e. The van der Waals surface area contributed by atoms with Crippen molar-refractivity contribution in [3.05, 3.63) is 34.9 Å². The molecule has 0 aromatic heterocycles. The van der Waals surface area contributed by atoms with Crippen LogP contribution < -0.4 is 0 Å². The summed E-state index contributed by atoms with van der Waals surface area (Å²) in [4.78, 5) is 0. The highest BCUT2D eigenvalue weighted by Gasteiger charge is 2.07. The zero-order valence-electron chi connectivity index (χ0n) is 9.91. The van der Waals surface area contributed by atoms with Crippen LogP contribution in [0.5, 0.6) is 0 Å². The Labute approximate surface area is 91.6 Å². The third kappa shape index (κ3) is 2.58. The Hall–Kier alpha value is -1.31. The first kappa shape index (κ1) is 11.8. The SMILES string of the molecule is CC/C(=N/O)c1ccc(C(C)C)c(C)c1. The van der Waals surface area contributed by atoms with Crippen molar-refractivity contribution in [2.24, 2.45) is 5.16 Å². The van der Waals surface area contributed by atoms with Gasteiger partial charge in [0.15, 0.2) is 0 Å². The Morgan fingerprint density at radius 2 is 2.07 bits per heavy atom. The van der Waals surface area contributed by atoms with Crippen LogP contribution in [0.15, 0.2) is 23.4 Å². The first-order valence-corrected chi connectivity index (χ1v) is 5.42. The molecule has 0 radical (unpaired) electrons. The van der Waals surface area contributed by atoms with Crippen molar-refractivity contribution in [2.45, 2.75) is 40.0 Å². The second-order valence-electron chi connectivity index (χ2n) is 4.13. The molecule has 1 rings (SSSR count). The molecule has 0 atom stereocenters. The average Bonchev–Trinajstić information content (AvgIpc) is 2.19. The summed E-state index contributed by atoms with van der Waals surface area (Å²) in [6, 6.07) is 6.24. The standard InChI is InChI=1S/C13H19NO/c1-5-13(14-15)11-6-7-12(9(2)3)10(4)8-11/h6-9,15H,5H2,1-4H3/b14-13-. The van der Waals surface area contributed by atoms with Crippen LogP contribution >= 0.6 is 0 Å². The Morgan fingerprint density at radius 3 is 2.47 bits per heavy atom. The Balaban J connectivity index is 3.11. The molecular formula is C13H19NO. The van der Waals surface area contributed by atoms with Gasteiger partial charge in [0, 0.05) is 0 Å². The van der Waals surface area contributed by atoms with Gasteiger partial charge in [-0.25, -0.2) is 0 Å². The second kappa shape index (κ2) is 4.96. The van der Waals surface area contributed by atoms with Gasteiger partial charge in [-0.05, 0) is 42.0 Å². The van der Waals surface area contributed by atoms with Crippen LogP contribution in [0, 0.1) is 6.92 Å². The van der Waals surface area contributed by atoms with Crippen LogP contribution in [0.25, 0.3) is 0 Å². The topological polar surface area (TPSA) is 32.6 Å². The van der Waals surface area contributed by atoms with Gasteiger partial charge in [0.1, 0.15) is 0 Å². The normalized spacial score (nSPS) is 12.2. The number of benzene rings is 1. The highest BCUT2D eigenvalue weighted by atomic mass is 16.4. The minimum absolute atomic E-state index is 0.537. The van der Waals surface area contributed by atoms with E-state index >= 15 is 0 Å². The molecule has 0 heterocycles. The summed E-state index contributed by atoms with van der Waals surface area (Å²) in [7, 11) is 0. The van der Waals surface area contributed by atoms with Gasteiger partial charge in [-0.2, -0.15) is 0 Å². The average molecular weight is 205 g/mol. The molecule has 1 aromatic rings. The predicted molar refractivity (Wildman–Crippen MR) is 63.9 cm³/mol. The molecule has 0 fully saturated rings. The number of aryl methyl sites for hydroxylation is 1. The Morgan fingerprint density at radius 1 is 1.40 bits per heavy atom. The van der Waals surface area contributed by atoms with Crippen LogP contribution in [0.1, 0.15) is 49.8 Å². The first-order valence-electron chi connectivity index (χ1n) is 5.42. The summed E-state index contributed by atoms with van der Waals surface area (Å²) in [5.74, 6) is 0.537. The van der Waals surface area contributed by atoms with E-state index in [-0.39, 0.29) is 0 Å². The molecule has 0 amide bonds. The predicted octanol–water partition coefficient (Wildman–Crippen LogP) is 3.71. The van der Waals surface area contributed by atoms with Crippen molar-refractivity contribution in [1.29, 1.82) is 0 Å². The molecule has 0 aliphatic heterocycles. The van der Waals surface area contributed by atoms with Gasteiger partial charge in [0.2, 0.25) is 0 Å². The molecule has 0 unspecified atom stereocenters. The molecule has 15 heavy (non-hydrogen) atoms. The van der Waals surface area contributed by atoms with Gasteiger partial charge in [-0.3, -0.25) is 0 Å². The summed E-state index contributed by atoms with van der Waals surface area (Å²) in [5.41, 5.74) is 4.37. The number of hydrogen-bond donors (Lipinski definition) is 1. The maximum absolute atomic E-state index is 8.84. The number of rotatable bonds is 3. The lowest BCUT2D eigenvalue weighted by Crippen LogP contribution is -2.01. The van der Waals surface area contributed by atoms with E-state index in [4.69, 9.17) is 5.21 Å². The monoisotopic (exact) mass is 205 g/mol.